The molecular formula is C7H14N2O2. The molecule has 4 heteroatoms. The van der Waals surface area contributed by atoms with Crippen LogP contribution in [0.5, 0.6) is 0 Å². The van der Waals surface area contributed by atoms with Crippen molar-refractivity contribution in [2.45, 2.75) is 20.8 Å². The largest absolute Gasteiger partial charge is 0.410 e. The van der Waals surface area contributed by atoms with Gasteiger partial charge < -0.3 is 10.5 Å². The van der Waals surface area contributed by atoms with E-state index < -0.39 is 5.41 Å². The molecule has 0 fully saturated rings. The Morgan fingerprint density at radius 3 is 2.00 bits per heavy atom. The van der Waals surface area contributed by atoms with Crippen LogP contribution in [0.25, 0.3) is 0 Å². The molecule has 0 atom stereocenters. The molecule has 0 aliphatic rings. The van der Waals surface area contributed by atoms with Crippen LogP contribution in [0.1, 0.15) is 20.8 Å². The predicted octanol–water partition coefficient (Wildman–Crippen LogP) is 0.609. The second-order valence-corrected chi connectivity index (χ2v) is 3.28. The number of rotatable bonds is 1. The quantitative estimate of drug-likeness (QED) is 0.333. The predicted molar refractivity (Wildman–Crippen MR) is 42.7 cm³/mol. The summed E-state index contributed by atoms with van der Waals surface area (Å²) < 4.78 is 0. The van der Waals surface area contributed by atoms with Crippen LogP contribution in [0.2, 0.25) is 0 Å². The summed E-state index contributed by atoms with van der Waals surface area (Å²) in [6.45, 7) is 5.41. The van der Waals surface area contributed by atoms with Crippen molar-refractivity contribution in [1.82, 2.24) is 5.32 Å². The molecule has 2 N–H and O–H groups in total. The highest BCUT2D eigenvalue weighted by molar-refractivity contribution is 6.40. The summed E-state index contributed by atoms with van der Waals surface area (Å²) in [5.74, 6) is -0.347. The van der Waals surface area contributed by atoms with E-state index in [1.54, 1.807) is 20.8 Å². The summed E-state index contributed by atoms with van der Waals surface area (Å²) in [5.41, 5.74) is -0.283. The zero-order valence-electron chi connectivity index (χ0n) is 7.30. The van der Waals surface area contributed by atoms with Gasteiger partial charge in [0.15, 0.2) is 0 Å². The number of hydrogen-bond acceptors (Lipinski definition) is 3. The van der Waals surface area contributed by atoms with Crippen LogP contribution < -0.4 is 5.32 Å². The Morgan fingerprint density at radius 2 is 1.91 bits per heavy atom. The van der Waals surface area contributed by atoms with Gasteiger partial charge in [-0.25, -0.2) is 0 Å². The first-order valence-corrected chi connectivity index (χ1v) is 3.38. The third kappa shape index (κ3) is 2.57. The summed E-state index contributed by atoms with van der Waals surface area (Å²) in [4.78, 5) is 11.0. The fourth-order valence-corrected chi connectivity index (χ4v) is 0.654. The summed E-state index contributed by atoms with van der Waals surface area (Å²) in [6, 6.07) is 0. The molecule has 1 amide bonds. The van der Waals surface area contributed by atoms with Gasteiger partial charge >= 0.3 is 0 Å². The maximum Gasteiger partial charge on any atom is 0.269 e. The second-order valence-electron chi connectivity index (χ2n) is 3.28. The van der Waals surface area contributed by atoms with Gasteiger partial charge in [-0.1, -0.05) is 25.9 Å². The summed E-state index contributed by atoms with van der Waals surface area (Å²) in [6.07, 6.45) is 0. The summed E-state index contributed by atoms with van der Waals surface area (Å²) >= 11 is 0. The van der Waals surface area contributed by atoms with Gasteiger partial charge in [0, 0.05) is 12.5 Å². The Kier molecular flexibility index (Phi) is 3.04. The summed E-state index contributed by atoms with van der Waals surface area (Å²) in [5, 5.41) is 13.8. The number of carbonyl (C=O) groups excluding carboxylic acids is 1. The molecule has 0 saturated carbocycles. The average Bonchev–Trinajstić information content (AvgIpc) is 1.86. The normalized spacial score (nSPS) is 12.9. The van der Waals surface area contributed by atoms with E-state index in [-0.39, 0.29) is 11.6 Å². The molecule has 0 rings (SSSR count). The first kappa shape index (κ1) is 9.94. The highest BCUT2D eigenvalue weighted by Crippen LogP contribution is 2.15. The molecule has 0 aromatic heterocycles. The van der Waals surface area contributed by atoms with Crippen molar-refractivity contribution >= 4 is 11.6 Å². The molecule has 0 saturated heterocycles. The van der Waals surface area contributed by atoms with Crippen LogP contribution in [-0.2, 0) is 4.79 Å². The number of carbonyl (C=O) groups is 1. The smallest absolute Gasteiger partial charge is 0.269 e. The zero-order chi connectivity index (χ0) is 9.07. The van der Waals surface area contributed by atoms with Crippen LogP contribution in [0.4, 0.5) is 0 Å². The van der Waals surface area contributed by atoms with Crippen molar-refractivity contribution in [2.75, 3.05) is 7.05 Å². The SMILES string of the molecule is CNC(=O)C(=NO)C(C)(C)C. The van der Waals surface area contributed by atoms with Gasteiger partial charge in [-0.15, -0.1) is 0 Å². The van der Waals surface area contributed by atoms with Gasteiger partial charge in [-0.2, -0.15) is 0 Å². The molecular weight excluding hydrogens is 144 g/mol. The fourth-order valence-electron chi connectivity index (χ4n) is 0.654. The van der Waals surface area contributed by atoms with E-state index in [9.17, 15) is 4.79 Å². The van der Waals surface area contributed by atoms with Gasteiger partial charge in [0.05, 0.1) is 0 Å². The first-order valence-electron chi connectivity index (χ1n) is 3.38. The Labute approximate surface area is 66.3 Å². The molecule has 11 heavy (non-hydrogen) atoms. The minimum absolute atomic E-state index is 0.139. The van der Waals surface area contributed by atoms with Crippen molar-refractivity contribution in [3.8, 4) is 0 Å². The molecule has 0 radical (unpaired) electrons. The minimum atomic E-state index is -0.422. The molecule has 0 aromatic carbocycles. The lowest BCUT2D eigenvalue weighted by molar-refractivity contribution is -0.114. The lowest BCUT2D eigenvalue weighted by Crippen LogP contribution is -2.36. The van der Waals surface area contributed by atoms with E-state index >= 15 is 0 Å². The van der Waals surface area contributed by atoms with Gasteiger partial charge in [-0.3, -0.25) is 4.79 Å². The molecule has 0 aromatic rings. The van der Waals surface area contributed by atoms with Crippen LogP contribution in [0.3, 0.4) is 0 Å². The second kappa shape index (κ2) is 3.37. The maximum atomic E-state index is 11.0. The molecule has 0 bridgehead atoms. The van der Waals surface area contributed by atoms with E-state index in [1.165, 1.54) is 7.05 Å². The number of hydrogen-bond donors (Lipinski definition) is 2. The van der Waals surface area contributed by atoms with Gasteiger partial charge in [0.25, 0.3) is 5.91 Å². The summed E-state index contributed by atoms with van der Waals surface area (Å²) in [7, 11) is 1.50. The molecule has 0 unspecified atom stereocenters. The maximum absolute atomic E-state index is 11.0. The third-order valence-electron chi connectivity index (χ3n) is 1.25. The molecule has 0 spiro atoms. The van der Waals surface area contributed by atoms with E-state index in [2.05, 4.69) is 10.5 Å². The van der Waals surface area contributed by atoms with Gasteiger partial charge in [-0.05, 0) is 0 Å². The van der Waals surface area contributed by atoms with E-state index in [0.717, 1.165) is 0 Å². The van der Waals surface area contributed by atoms with E-state index in [1.807, 2.05) is 0 Å². The highest BCUT2D eigenvalue weighted by Gasteiger charge is 2.25. The third-order valence-corrected chi connectivity index (χ3v) is 1.25. The monoisotopic (exact) mass is 158 g/mol. The number of nitrogens with one attached hydrogen (secondary N) is 1. The highest BCUT2D eigenvalue weighted by atomic mass is 16.4. The number of nitrogens with zero attached hydrogens (tertiary/aromatic N) is 1. The van der Waals surface area contributed by atoms with E-state index in [0.29, 0.717) is 0 Å². The minimum Gasteiger partial charge on any atom is -0.410 e. The number of oxime groups is 1. The van der Waals surface area contributed by atoms with Crippen LogP contribution in [0.15, 0.2) is 5.16 Å². The van der Waals surface area contributed by atoms with Crippen molar-refractivity contribution in [3.63, 3.8) is 0 Å². The van der Waals surface area contributed by atoms with Crippen LogP contribution >= 0.6 is 0 Å². The standard InChI is InChI=1S/C7H14N2O2/c1-7(2,3)5(9-11)6(10)8-4/h11H,1-4H3,(H,8,10). The zero-order valence-corrected chi connectivity index (χ0v) is 7.30. The first-order chi connectivity index (χ1) is 4.93. The van der Waals surface area contributed by atoms with E-state index in [4.69, 9.17) is 5.21 Å². The molecule has 4 nitrogen and oxygen atoms in total. The van der Waals surface area contributed by atoms with Crippen LogP contribution in [-0.4, -0.2) is 23.9 Å². The lowest BCUT2D eigenvalue weighted by Gasteiger charge is -2.17. The molecule has 64 valence electrons. The molecule has 0 heterocycles. The topological polar surface area (TPSA) is 61.7 Å². The number of amides is 1. The molecule has 0 aliphatic heterocycles. The van der Waals surface area contributed by atoms with Crippen molar-refractivity contribution in [1.29, 1.82) is 0 Å². The van der Waals surface area contributed by atoms with Crippen LogP contribution in [0, 0.1) is 5.41 Å². The fraction of sp³-hybridized carbons (Fsp3) is 0.714. The van der Waals surface area contributed by atoms with Crippen molar-refractivity contribution in [3.05, 3.63) is 0 Å². The Bertz CT molecular complexity index is 179. The molecule has 0 aliphatic carbocycles. The van der Waals surface area contributed by atoms with Crippen molar-refractivity contribution in [2.24, 2.45) is 10.6 Å². The Morgan fingerprint density at radius 1 is 1.45 bits per heavy atom. The van der Waals surface area contributed by atoms with Crippen molar-refractivity contribution < 1.29 is 10.0 Å². The van der Waals surface area contributed by atoms with Gasteiger partial charge in [0.2, 0.25) is 0 Å². The Balaban J connectivity index is 4.58. The average molecular weight is 158 g/mol. The van der Waals surface area contributed by atoms with Gasteiger partial charge in [0.1, 0.15) is 5.71 Å². The lowest BCUT2D eigenvalue weighted by atomic mass is 9.89. The Hall–Kier alpha value is -1.06.